The lowest BCUT2D eigenvalue weighted by atomic mass is 10.0. The molecule has 0 saturated heterocycles. The van der Waals surface area contributed by atoms with Gasteiger partial charge in [0.2, 0.25) is 0 Å². The first-order chi connectivity index (χ1) is 9.46. The quantitative estimate of drug-likeness (QED) is 0.848. The molecule has 0 bridgehead atoms. The van der Waals surface area contributed by atoms with Gasteiger partial charge in [0.25, 0.3) is 0 Å². The Bertz CT molecular complexity index is 489. The molecule has 0 spiro atoms. The van der Waals surface area contributed by atoms with Gasteiger partial charge in [-0.25, -0.2) is 4.79 Å². The predicted molar refractivity (Wildman–Crippen MR) is 85.7 cm³/mol. The summed E-state index contributed by atoms with van der Waals surface area (Å²) in [5.74, 6) is 0.461. The lowest BCUT2D eigenvalue weighted by Crippen LogP contribution is -2.39. The summed E-state index contributed by atoms with van der Waals surface area (Å²) in [7, 11) is -0.911. The molecule has 2 atom stereocenters. The van der Waals surface area contributed by atoms with Crippen LogP contribution in [0.2, 0.25) is 0 Å². The van der Waals surface area contributed by atoms with Gasteiger partial charge in [-0.1, -0.05) is 19.9 Å². The van der Waals surface area contributed by atoms with E-state index < -0.39 is 10.8 Å². The third-order valence-corrected chi connectivity index (χ3v) is 4.06. The van der Waals surface area contributed by atoms with Crippen molar-refractivity contribution in [2.45, 2.75) is 39.7 Å². The van der Waals surface area contributed by atoms with Gasteiger partial charge in [0, 0.05) is 34.5 Å². The van der Waals surface area contributed by atoms with E-state index in [2.05, 4.69) is 30.5 Å². The average Bonchev–Trinajstić information content (AvgIpc) is 2.37. The third kappa shape index (κ3) is 5.33. The van der Waals surface area contributed by atoms with E-state index >= 15 is 0 Å². The number of hydrogen-bond donors (Lipinski definition) is 2. The molecular weight excluding hydrogens is 272 g/mol. The van der Waals surface area contributed by atoms with Gasteiger partial charge in [0.05, 0.1) is 0 Å². The fraction of sp³-hybridized carbons (Fsp3) is 0.533. The van der Waals surface area contributed by atoms with Crippen molar-refractivity contribution in [1.82, 2.24) is 5.32 Å². The molecule has 0 aromatic heterocycles. The van der Waals surface area contributed by atoms with Gasteiger partial charge in [-0.05, 0) is 43.0 Å². The lowest BCUT2D eigenvalue weighted by molar-refractivity contribution is 0.250. The molecule has 112 valence electrons. The summed E-state index contributed by atoms with van der Waals surface area (Å²) in [4.78, 5) is 11.8. The monoisotopic (exact) mass is 296 g/mol. The first kappa shape index (κ1) is 16.7. The molecule has 5 heteroatoms. The Morgan fingerprint density at radius 3 is 2.45 bits per heavy atom. The van der Waals surface area contributed by atoms with Crippen LogP contribution in [0.15, 0.2) is 18.2 Å². The number of rotatable bonds is 6. The number of benzene rings is 1. The van der Waals surface area contributed by atoms with Gasteiger partial charge < -0.3 is 10.6 Å². The number of carbonyl (C=O) groups excluding carboxylic acids is 1. The fourth-order valence-corrected chi connectivity index (χ4v) is 2.95. The maximum atomic E-state index is 11.8. The largest absolute Gasteiger partial charge is 0.334 e. The minimum absolute atomic E-state index is 0.110. The average molecular weight is 296 g/mol. The van der Waals surface area contributed by atoms with Crippen molar-refractivity contribution in [2.24, 2.45) is 0 Å². The van der Waals surface area contributed by atoms with E-state index in [1.165, 1.54) is 11.1 Å². The van der Waals surface area contributed by atoms with Crippen molar-refractivity contribution in [2.75, 3.05) is 17.3 Å². The summed E-state index contributed by atoms with van der Waals surface area (Å²) in [5.41, 5.74) is 3.36. The van der Waals surface area contributed by atoms with Crippen LogP contribution in [-0.2, 0) is 23.6 Å². The first-order valence-electron chi connectivity index (χ1n) is 6.95. The highest BCUT2D eigenvalue weighted by Crippen LogP contribution is 2.17. The van der Waals surface area contributed by atoms with Gasteiger partial charge in [0.1, 0.15) is 0 Å². The molecule has 0 radical (unpaired) electrons. The molecule has 0 fully saturated rings. The molecule has 0 heterocycles. The smallest absolute Gasteiger partial charge is 0.319 e. The Balaban J connectivity index is 2.64. The van der Waals surface area contributed by atoms with Gasteiger partial charge in [0.15, 0.2) is 0 Å². The first-order valence-corrected chi connectivity index (χ1v) is 8.68. The van der Waals surface area contributed by atoms with Crippen LogP contribution in [-0.4, -0.2) is 28.3 Å². The third-order valence-electron chi connectivity index (χ3n) is 3.09. The standard InChI is InChI=1S/C15H24N2O2S/c1-5-12-7-8-14(9-13(12)6-2)17-15(18)16-11(3)10-20(4)19/h7-9,11H,5-6,10H2,1-4H3,(H2,16,17,18)/t11-,20+/m0/s1. The number of amides is 2. The van der Waals surface area contributed by atoms with Crippen LogP contribution in [0.25, 0.3) is 0 Å². The predicted octanol–water partition coefficient (Wildman–Crippen LogP) is 2.70. The lowest BCUT2D eigenvalue weighted by Gasteiger charge is -2.14. The molecular formula is C15H24N2O2S. The van der Waals surface area contributed by atoms with E-state index in [9.17, 15) is 9.00 Å². The van der Waals surface area contributed by atoms with Crippen molar-refractivity contribution in [3.8, 4) is 0 Å². The fourth-order valence-electron chi connectivity index (χ4n) is 2.16. The maximum absolute atomic E-state index is 11.8. The summed E-state index contributed by atoms with van der Waals surface area (Å²) in [6.45, 7) is 6.08. The van der Waals surface area contributed by atoms with Crippen LogP contribution in [0.1, 0.15) is 31.9 Å². The molecule has 0 aliphatic rings. The number of carbonyl (C=O) groups is 1. The van der Waals surface area contributed by atoms with Crippen LogP contribution < -0.4 is 10.6 Å². The minimum Gasteiger partial charge on any atom is -0.334 e. The Hall–Kier alpha value is -1.36. The molecule has 1 aromatic carbocycles. The summed E-state index contributed by atoms with van der Waals surface area (Å²) < 4.78 is 11.1. The van der Waals surface area contributed by atoms with E-state index in [0.717, 1.165) is 18.5 Å². The number of hydrogen-bond acceptors (Lipinski definition) is 2. The van der Waals surface area contributed by atoms with E-state index in [-0.39, 0.29) is 12.1 Å². The van der Waals surface area contributed by atoms with Crippen molar-refractivity contribution in [3.63, 3.8) is 0 Å². The summed E-state index contributed by atoms with van der Waals surface area (Å²) in [5, 5.41) is 5.61. The molecule has 2 N–H and O–H groups in total. The molecule has 0 aliphatic heterocycles. The normalized spacial score (nSPS) is 13.6. The summed E-state index contributed by atoms with van der Waals surface area (Å²) in [6, 6.07) is 5.62. The van der Waals surface area contributed by atoms with Crippen LogP contribution in [0.5, 0.6) is 0 Å². The number of anilines is 1. The second-order valence-corrected chi connectivity index (χ2v) is 6.41. The topological polar surface area (TPSA) is 58.2 Å². The van der Waals surface area contributed by atoms with Gasteiger partial charge in [-0.2, -0.15) is 0 Å². The number of nitrogens with one attached hydrogen (secondary N) is 2. The van der Waals surface area contributed by atoms with Crippen LogP contribution in [0.4, 0.5) is 10.5 Å². The molecule has 20 heavy (non-hydrogen) atoms. The Labute approximate surface area is 123 Å². The highest BCUT2D eigenvalue weighted by Gasteiger charge is 2.09. The maximum Gasteiger partial charge on any atom is 0.319 e. The summed E-state index contributed by atoms with van der Waals surface area (Å²) >= 11 is 0. The van der Waals surface area contributed by atoms with E-state index in [0.29, 0.717) is 5.75 Å². The zero-order valence-electron chi connectivity index (χ0n) is 12.7. The Morgan fingerprint density at radius 1 is 1.25 bits per heavy atom. The van der Waals surface area contributed by atoms with E-state index in [1.807, 2.05) is 19.1 Å². The second kappa shape index (κ2) is 8.04. The number of aryl methyl sites for hydroxylation is 2. The molecule has 1 aromatic rings. The van der Waals surface area contributed by atoms with Gasteiger partial charge in [-0.3, -0.25) is 4.21 Å². The highest BCUT2D eigenvalue weighted by atomic mass is 32.2. The zero-order chi connectivity index (χ0) is 15.1. The molecule has 0 saturated carbocycles. The van der Waals surface area contributed by atoms with Crippen LogP contribution in [0, 0.1) is 0 Å². The van der Waals surface area contributed by atoms with Gasteiger partial charge in [-0.15, -0.1) is 0 Å². The summed E-state index contributed by atoms with van der Waals surface area (Å²) in [6.07, 6.45) is 3.58. The van der Waals surface area contributed by atoms with Crippen molar-refractivity contribution in [1.29, 1.82) is 0 Å². The van der Waals surface area contributed by atoms with E-state index in [1.54, 1.807) is 6.26 Å². The molecule has 2 amide bonds. The van der Waals surface area contributed by atoms with Crippen molar-refractivity contribution in [3.05, 3.63) is 29.3 Å². The zero-order valence-corrected chi connectivity index (χ0v) is 13.5. The van der Waals surface area contributed by atoms with Crippen LogP contribution >= 0.6 is 0 Å². The van der Waals surface area contributed by atoms with Gasteiger partial charge >= 0.3 is 6.03 Å². The SMILES string of the molecule is CCc1ccc(NC(=O)N[C@@H](C)C[S@@](C)=O)cc1CC. The van der Waals surface area contributed by atoms with E-state index in [4.69, 9.17) is 0 Å². The Morgan fingerprint density at radius 2 is 1.90 bits per heavy atom. The van der Waals surface area contributed by atoms with Crippen LogP contribution in [0.3, 0.4) is 0 Å². The van der Waals surface area contributed by atoms with Crippen molar-refractivity contribution >= 4 is 22.5 Å². The highest BCUT2D eigenvalue weighted by molar-refractivity contribution is 7.84. The van der Waals surface area contributed by atoms with Crippen molar-refractivity contribution < 1.29 is 9.00 Å². The Kier molecular flexibility index (Phi) is 6.71. The molecule has 4 nitrogen and oxygen atoms in total. The molecule has 1 rings (SSSR count). The minimum atomic E-state index is -0.911. The number of urea groups is 1. The molecule has 0 unspecified atom stereocenters. The second-order valence-electron chi connectivity index (χ2n) is 4.93. The molecule has 0 aliphatic carbocycles.